The zero-order valence-electron chi connectivity index (χ0n) is 16.3. The molecular weight excluding hydrogens is 371 g/mol. The highest BCUT2D eigenvalue weighted by Crippen LogP contribution is 2.45. The fraction of sp³-hybridized carbons (Fsp3) is 0.905. The summed E-state index contributed by atoms with van der Waals surface area (Å²) >= 11 is 0. The van der Waals surface area contributed by atoms with E-state index >= 15 is 0 Å². The molecule has 1 amide bonds. The van der Waals surface area contributed by atoms with Crippen molar-refractivity contribution in [2.75, 3.05) is 0 Å². The summed E-state index contributed by atoms with van der Waals surface area (Å²) in [5, 5.41) is 12.5. The molecule has 160 valence electrons. The van der Waals surface area contributed by atoms with Gasteiger partial charge in [-0.05, 0) is 56.8 Å². The highest BCUT2D eigenvalue weighted by atomic mass is 19.4. The van der Waals surface area contributed by atoms with Crippen molar-refractivity contribution in [1.29, 1.82) is 0 Å². The number of carbonyl (C=O) groups excluding carboxylic acids is 1. The third-order valence-corrected chi connectivity index (χ3v) is 7.33. The molecule has 6 unspecified atom stereocenters. The Labute approximate surface area is 164 Å². The zero-order chi connectivity index (χ0) is 20.3. The van der Waals surface area contributed by atoms with E-state index in [4.69, 9.17) is 0 Å². The Bertz CT molecular complexity index is 566. The summed E-state index contributed by atoms with van der Waals surface area (Å²) in [6.07, 6.45) is 3.89. The second-order valence-corrected chi connectivity index (χ2v) is 9.06. The molecule has 0 aromatic rings. The van der Waals surface area contributed by atoms with Gasteiger partial charge in [0.15, 0.2) is 0 Å². The van der Waals surface area contributed by atoms with E-state index in [1.165, 1.54) is 0 Å². The van der Waals surface area contributed by atoms with Gasteiger partial charge in [-0.2, -0.15) is 13.2 Å². The Morgan fingerprint density at radius 1 is 0.786 bits per heavy atom. The van der Waals surface area contributed by atoms with Crippen molar-refractivity contribution in [2.24, 2.45) is 29.6 Å². The predicted molar refractivity (Wildman–Crippen MR) is 98.5 cm³/mol. The van der Waals surface area contributed by atoms with Crippen LogP contribution in [-0.2, 0) is 9.59 Å². The zero-order valence-corrected chi connectivity index (χ0v) is 16.3. The molecule has 0 aromatic carbocycles. The molecule has 0 radical (unpaired) electrons. The minimum absolute atomic E-state index is 0.0107. The van der Waals surface area contributed by atoms with Crippen molar-refractivity contribution in [3.63, 3.8) is 0 Å². The van der Waals surface area contributed by atoms with E-state index in [2.05, 4.69) is 5.32 Å². The third kappa shape index (κ3) is 5.01. The van der Waals surface area contributed by atoms with Gasteiger partial charge in [0.25, 0.3) is 0 Å². The van der Waals surface area contributed by atoms with Gasteiger partial charge >= 0.3 is 12.1 Å². The van der Waals surface area contributed by atoms with Crippen molar-refractivity contribution in [3.8, 4) is 0 Å². The molecule has 0 bridgehead atoms. The quantitative estimate of drug-likeness (QED) is 0.700. The second kappa shape index (κ2) is 9.04. The highest BCUT2D eigenvalue weighted by molar-refractivity contribution is 5.79. The van der Waals surface area contributed by atoms with Gasteiger partial charge in [-0.15, -0.1) is 0 Å². The molecule has 3 rings (SSSR count). The molecule has 0 heterocycles. The van der Waals surface area contributed by atoms with Crippen LogP contribution < -0.4 is 5.32 Å². The third-order valence-electron chi connectivity index (χ3n) is 7.33. The molecule has 28 heavy (non-hydrogen) atoms. The molecule has 3 fully saturated rings. The Morgan fingerprint density at radius 2 is 1.36 bits per heavy atom. The summed E-state index contributed by atoms with van der Waals surface area (Å²) < 4.78 is 39.2. The molecule has 2 N–H and O–H groups in total. The van der Waals surface area contributed by atoms with Crippen LogP contribution in [0.15, 0.2) is 0 Å². The lowest BCUT2D eigenvalue weighted by Crippen LogP contribution is -2.48. The summed E-state index contributed by atoms with van der Waals surface area (Å²) in [5.41, 5.74) is 0. The largest absolute Gasteiger partial charge is 0.481 e. The molecular formula is C21H32F3NO3. The maximum atomic E-state index is 13.1. The number of aliphatic carboxylic acids is 1. The molecule has 6 atom stereocenters. The SMILES string of the molecule is O=C(O)C1CCCCC1C1CCCCC1C(=O)NC1CCCC(C(F)(F)F)C1. The molecule has 0 aromatic heterocycles. The number of rotatable bonds is 4. The first-order valence-electron chi connectivity index (χ1n) is 10.9. The van der Waals surface area contributed by atoms with Gasteiger partial charge < -0.3 is 10.4 Å². The number of carbonyl (C=O) groups is 2. The number of hydrogen-bond acceptors (Lipinski definition) is 2. The number of nitrogens with one attached hydrogen (secondary N) is 1. The predicted octanol–water partition coefficient (Wildman–Crippen LogP) is 4.92. The van der Waals surface area contributed by atoms with Crippen LogP contribution in [0.2, 0.25) is 0 Å². The Morgan fingerprint density at radius 3 is 1.96 bits per heavy atom. The molecule has 3 aliphatic carbocycles. The number of amides is 1. The van der Waals surface area contributed by atoms with Crippen molar-refractivity contribution in [1.82, 2.24) is 5.32 Å². The first-order valence-corrected chi connectivity index (χ1v) is 10.9. The van der Waals surface area contributed by atoms with Gasteiger partial charge in [0.05, 0.1) is 11.8 Å². The van der Waals surface area contributed by atoms with E-state index in [9.17, 15) is 27.9 Å². The standard InChI is InChI=1S/C21H32F3NO3/c22-21(23,24)13-6-5-7-14(12-13)25-19(26)17-10-3-1-8-15(17)16-9-2-4-11-18(16)20(27)28/h13-18H,1-12H2,(H,25,26)(H,27,28). The van der Waals surface area contributed by atoms with Gasteiger partial charge in [-0.1, -0.05) is 32.1 Å². The minimum Gasteiger partial charge on any atom is -0.481 e. The van der Waals surface area contributed by atoms with Crippen LogP contribution in [0.5, 0.6) is 0 Å². The van der Waals surface area contributed by atoms with Crippen LogP contribution in [-0.4, -0.2) is 29.2 Å². The second-order valence-electron chi connectivity index (χ2n) is 9.06. The Balaban J connectivity index is 1.66. The first kappa shape index (κ1) is 21.4. The fourth-order valence-corrected chi connectivity index (χ4v) is 5.90. The average molecular weight is 403 g/mol. The van der Waals surface area contributed by atoms with Crippen molar-refractivity contribution < 1.29 is 27.9 Å². The van der Waals surface area contributed by atoms with E-state index in [0.29, 0.717) is 19.3 Å². The number of carboxylic acid groups (broad SMARTS) is 1. The molecule has 0 spiro atoms. The summed E-state index contributed by atoms with van der Waals surface area (Å²) in [4.78, 5) is 24.7. The average Bonchev–Trinajstić information content (AvgIpc) is 2.67. The topological polar surface area (TPSA) is 66.4 Å². The number of hydrogen-bond donors (Lipinski definition) is 2. The number of carboxylic acids is 1. The van der Waals surface area contributed by atoms with Gasteiger partial charge in [-0.3, -0.25) is 9.59 Å². The van der Waals surface area contributed by atoms with Crippen LogP contribution in [0.25, 0.3) is 0 Å². The normalized spacial score (nSPS) is 37.2. The van der Waals surface area contributed by atoms with Gasteiger partial charge in [-0.25, -0.2) is 0 Å². The maximum absolute atomic E-state index is 13.1. The molecule has 3 saturated carbocycles. The van der Waals surface area contributed by atoms with Crippen molar-refractivity contribution in [3.05, 3.63) is 0 Å². The van der Waals surface area contributed by atoms with E-state index < -0.39 is 30.0 Å². The van der Waals surface area contributed by atoms with Gasteiger partial charge in [0, 0.05) is 12.0 Å². The maximum Gasteiger partial charge on any atom is 0.391 e. The highest BCUT2D eigenvalue weighted by Gasteiger charge is 2.45. The van der Waals surface area contributed by atoms with Crippen molar-refractivity contribution >= 4 is 11.9 Å². The number of alkyl halides is 3. The van der Waals surface area contributed by atoms with Crippen LogP contribution >= 0.6 is 0 Å². The van der Waals surface area contributed by atoms with Crippen LogP contribution in [0.3, 0.4) is 0 Å². The summed E-state index contributed by atoms with van der Waals surface area (Å²) in [6.45, 7) is 0. The van der Waals surface area contributed by atoms with Crippen LogP contribution in [0.4, 0.5) is 13.2 Å². The molecule has 0 saturated heterocycles. The van der Waals surface area contributed by atoms with E-state index in [1.54, 1.807) is 0 Å². The summed E-state index contributed by atoms with van der Waals surface area (Å²) in [5.74, 6) is -2.85. The lowest BCUT2D eigenvalue weighted by Gasteiger charge is -2.41. The first-order chi connectivity index (χ1) is 13.3. The lowest BCUT2D eigenvalue weighted by molar-refractivity contribution is -0.184. The molecule has 4 nitrogen and oxygen atoms in total. The number of halogens is 3. The summed E-state index contributed by atoms with van der Waals surface area (Å²) in [7, 11) is 0. The van der Waals surface area contributed by atoms with Crippen molar-refractivity contribution in [2.45, 2.75) is 89.3 Å². The smallest absolute Gasteiger partial charge is 0.391 e. The van der Waals surface area contributed by atoms with E-state index in [1.807, 2.05) is 0 Å². The van der Waals surface area contributed by atoms with Crippen LogP contribution in [0.1, 0.15) is 77.0 Å². The van der Waals surface area contributed by atoms with Gasteiger partial charge in [0.1, 0.15) is 0 Å². The molecule has 7 heteroatoms. The fourth-order valence-electron chi connectivity index (χ4n) is 5.90. The lowest BCUT2D eigenvalue weighted by atomic mass is 9.63. The molecule has 3 aliphatic rings. The monoisotopic (exact) mass is 403 g/mol. The Hall–Kier alpha value is -1.27. The van der Waals surface area contributed by atoms with E-state index in [-0.39, 0.29) is 36.5 Å². The summed E-state index contributed by atoms with van der Waals surface area (Å²) in [6, 6.07) is -0.419. The van der Waals surface area contributed by atoms with Gasteiger partial charge in [0.2, 0.25) is 5.91 Å². The molecule has 0 aliphatic heterocycles. The van der Waals surface area contributed by atoms with E-state index in [0.717, 1.165) is 44.9 Å². The Kier molecular flexibility index (Phi) is 6.92. The van der Waals surface area contributed by atoms with Crippen LogP contribution in [0, 0.1) is 29.6 Å². The minimum atomic E-state index is -4.20.